The average Bonchev–Trinajstić information content (AvgIpc) is 2.37. The molecule has 4 nitrogen and oxygen atoms in total. The number of benzene rings is 1. The van der Waals surface area contributed by atoms with Crippen LogP contribution < -0.4 is 5.32 Å². The molecule has 0 spiro atoms. The molecule has 1 aromatic rings. The molecule has 0 saturated carbocycles. The van der Waals surface area contributed by atoms with Crippen LogP contribution >= 0.6 is 0 Å². The highest BCUT2D eigenvalue weighted by molar-refractivity contribution is 7.89. The topological polar surface area (TPSA) is 49.4 Å². The Morgan fingerprint density at radius 1 is 1.00 bits per heavy atom. The lowest BCUT2D eigenvalue weighted by Crippen LogP contribution is -2.46. The molecule has 2 rings (SSSR count). The van der Waals surface area contributed by atoms with Crippen molar-refractivity contribution in [1.82, 2.24) is 9.62 Å². The molecule has 1 aliphatic heterocycles. The Morgan fingerprint density at radius 3 is 1.95 bits per heavy atom. The van der Waals surface area contributed by atoms with Gasteiger partial charge in [0.05, 0.1) is 0 Å². The second kappa shape index (κ2) is 5.06. The molecule has 106 valence electrons. The Hall–Kier alpha value is -1.19. The van der Waals surface area contributed by atoms with Crippen molar-refractivity contribution in [2.45, 2.75) is 4.90 Å². The van der Waals surface area contributed by atoms with Crippen LogP contribution in [0.3, 0.4) is 0 Å². The van der Waals surface area contributed by atoms with Crippen LogP contribution in [0, 0.1) is 23.3 Å². The first kappa shape index (κ1) is 14.2. The van der Waals surface area contributed by atoms with E-state index in [-0.39, 0.29) is 19.2 Å². The summed E-state index contributed by atoms with van der Waals surface area (Å²) in [7, 11) is -4.61. The Bertz CT molecular complexity index is 574. The van der Waals surface area contributed by atoms with E-state index in [1.807, 2.05) is 0 Å². The molecule has 0 atom stereocenters. The van der Waals surface area contributed by atoms with Gasteiger partial charge in [0.1, 0.15) is 0 Å². The van der Waals surface area contributed by atoms with Gasteiger partial charge in [-0.15, -0.1) is 0 Å². The van der Waals surface area contributed by atoms with Crippen molar-refractivity contribution >= 4 is 10.0 Å². The minimum absolute atomic E-state index is 0.0263. The van der Waals surface area contributed by atoms with E-state index >= 15 is 0 Å². The summed E-state index contributed by atoms with van der Waals surface area (Å²) in [6.45, 7) is 0.527. The van der Waals surface area contributed by atoms with Crippen molar-refractivity contribution in [2.24, 2.45) is 0 Å². The minimum atomic E-state index is -4.61. The maximum atomic E-state index is 13.5. The molecule has 0 unspecified atom stereocenters. The molecule has 9 heteroatoms. The highest BCUT2D eigenvalue weighted by Gasteiger charge is 2.34. The van der Waals surface area contributed by atoms with Crippen LogP contribution in [0.2, 0.25) is 0 Å². The van der Waals surface area contributed by atoms with Gasteiger partial charge in [0.25, 0.3) is 0 Å². The smallest absolute Gasteiger partial charge is 0.249 e. The largest absolute Gasteiger partial charge is 0.314 e. The van der Waals surface area contributed by atoms with Crippen LogP contribution in [-0.2, 0) is 10.0 Å². The highest BCUT2D eigenvalue weighted by atomic mass is 32.2. The quantitative estimate of drug-likeness (QED) is 0.650. The van der Waals surface area contributed by atoms with Crippen LogP contribution in [0.4, 0.5) is 17.6 Å². The third-order valence-corrected chi connectivity index (χ3v) is 4.66. The Balaban J connectivity index is 2.57. The van der Waals surface area contributed by atoms with E-state index in [1.54, 1.807) is 0 Å². The van der Waals surface area contributed by atoms with Crippen molar-refractivity contribution in [3.63, 3.8) is 0 Å². The van der Waals surface area contributed by atoms with Gasteiger partial charge in [-0.1, -0.05) is 0 Å². The van der Waals surface area contributed by atoms with Crippen molar-refractivity contribution in [2.75, 3.05) is 26.2 Å². The molecule has 1 aromatic carbocycles. The van der Waals surface area contributed by atoms with Crippen LogP contribution in [0.25, 0.3) is 0 Å². The summed E-state index contributed by atoms with van der Waals surface area (Å²) in [6.07, 6.45) is 0. The van der Waals surface area contributed by atoms with E-state index in [0.717, 1.165) is 4.31 Å². The standard InChI is InChI=1S/C10H10F4N2O2S/c11-6-5-7(12)9(14)10(8(6)13)19(17,18)16-3-1-15-2-4-16/h5,15H,1-4H2. The number of rotatable bonds is 2. The van der Waals surface area contributed by atoms with Gasteiger partial charge in [-0.2, -0.15) is 4.31 Å². The molecule has 19 heavy (non-hydrogen) atoms. The summed E-state index contributed by atoms with van der Waals surface area (Å²) in [5, 5.41) is 2.85. The van der Waals surface area contributed by atoms with Crippen molar-refractivity contribution < 1.29 is 26.0 Å². The Morgan fingerprint density at radius 2 is 1.47 bits per heavy atom. The zero-order valence-electron chi connectivity index (χ0n) is 9.59. The van der Waals surface area contributed by atoms with Crippen molar-refractivity contribution in [3.05, 3.63) is 29.3 Å². The molecule has 0 radical (unpaired) electrons. The third kappa shape index (κ3) is 2.45. The predicted molar refractivity (Wildman–Crippen MR) is 57.9 cm³/mol. The Labute approximate surface area is 107 Å². The lowest BCUT2D eigenvalue weighted by molar-refractivity contribution is 0.350. The molecule has 0 bridgehead atoms. The molecule has 0 aliphatic carbocycles. The molecule has 1 N–H and O–H groups in total. The molecule has 1 aliphatic rings. The van der Waals surface area contributed by atoms with Gasteiger partial charge < -0.3 is 5.32 Å². The first-order valence-corrected chi connectivity index (χ1v) is 6.83. The highest BCUT2D eigenvalue weighted by Crippen LogP contribution is 2.26. The van der Waals surface area contributed by atoms with Gasteiger partial charge in [-0.05, 0) is 0 Å². The maximum Gasteiger partial charge on any atom is 0.249 e. The number of sulfonamides is 1. The van der Waals surface area contributed by atoms with Gasteiger partial charge >= 0.3 is 0 Å². The maximum absolute atomic E-state index is 13.5. The number of nitrogens with one attached hydrogen (secondary N) is 1. The summed E-state index contributed by atoms with van der Waals surface area (Å²) in [5.74, 6) is -7.30. The summed E-state index contributed by atoms with van der Waals surface area (Å²) in [5.41, 5.74) is 0. The number of halogens is 4. The van der Waals surface area contributed by atoms with Crippen LogP contribution in [0.1, 0.15) is 0 Å². The fraction of sp³-hybridized carbons (Fsp3) is 0.400. The molecular formula is C10H10F4N2O2S. The van der Waals surface area contributed by atoms with Gasteiger partial charge in [-0.25, -0.2) is 26.0 Å². The molecule has 0 aromatic heterocycles. The van der Waals surface area contributed by atoms with E-state index in [9.17, 15) is 26.0 Å². The third-order valence-electron chi connectivity index (χ3n) is 2.75. The molecular weight excluding hydrogens is 288 g/mol. The lowest BCUT2D eigenvalue weighted by atomic mass is 10.3. The van der Waals surface area contributed by atoms with Crippen LogP contribution in [0.15, 0.2) is 11.0 Å². The summed E-state index contributed by atoms with van der Waals surface area (Å²) in [6, 6.07) is -0.0263. The average molecular weight is 298 g/mol. The first-order chi connectivity index (χ1) is 8.85. The summed E-state index contributed by atoms with van der Waals surface area (Å²) in [4.78, 5) is -1.58. The van der Waals surface area contributed by atoms with E-state index < -0.39 is 38.2 Å². The molecule has 1 saturated heterocycles. The number of piperazine rings is 1. The van der Waals surface area contributed by atoms with Gasteiger partial charge in [0.2, 0.25) is 10.0 Å². The first-order valence-electron chi connectivity index (χ1n) is 5.39. The van der Waals surface area contributed by atoms with E-state index in [0.29, 0.717) is 13.1 Å². The Kier molecular flexibility index (Phi) is 3.79. The summed E-state index contributed by atoms with van der Waals surface area (Å²) >= 11 is 0. The van der Waals surface area contributed by atoms with Gasteiger partial charge in [0, 0.05) is 32.2 Å². The summed E-state index contributed by atoms with van der Waals surface area (Å²) < 4.78 is 77.9. The van der Waals surface area contributed by atoms with Crippen LogP contribution in [-0.4, -0.2) is 38.9 Å². The second-order valence-corrected chi connectivity index (χ2v) is 5.83. The fourth-order valence-electron chi connectivity index (χ4n) is 1.79. The van der Waals surface area contributed by atoms with E-state index in [2.05, 4.69) is 5.32 Å². The van der Waals surface area contributed by atoms with E-state index in [4.69, 9.17) is 0 Å². The van der Waals surface area contributed by atoms with E-state index in [1.165, 1.54) is 0 Å². The number of hydrogen-bond donors (Lipinski definition) is 1. The zero-order chi connectivity index (χ0) is 14.2. The van der Waals surface area contributed by atoms with Crippen molar-refractivity contribution in [1.29, 1.82) is 0 Å². The fourth-order valence-corrected chi connectivity index (χ4v) is 3.36. The van der Waals surface area contributed by atoms with Crippen LogP contribution in [0.5, 0.6) is 0 Å². The number of hydrogen-bond acceptors (Lipinski definition) is 3. The predicted octanol–water partition coefficient (Wildman–Crippen LogP) is 0.837. The van der Waals surface area contributed by atoms with Gasteiger partial charge in [-0.3, -0.25) is 0 Å². The molecule has 0 amide bonds. The lowest BCUT2D eigenvalue weighted by Gasteiger charge is -2.26. The molecule has 1 heterocycles. The molecule has 1 fully saturated rings. The normalized spacial score (nSPS) is 17.7. The SMILES string of the molecule is O=S(=O)(c1c(F)c(F)cc(F)c1F)N1CCNCC1. The van der Waals surface area contributed by atoms with Gasteiger partial charge in [0.15, 0.2) is 28.2 Å². The second-order valence-electron chi connectivity index (χ2n) is 3.95. The monoisotopic (exact) mass is 298 g/mol. The van der Waals surface area contributed by atoms with Crippen molar-refractivity contribution in [3.8, 4) is 0 Å². The minimum Gasteiger partial charge on any atom is -0.314 e. The number of nitrogens with zero attached hydrogens (tertiary/aromatic N) is 1. The zero-order valence-corrected chi connectivity index (χ0v) is 10.4.